The fourth-order valence-electron chi connectivity index (χ4n) is 3.61. The summed E-state index contributed by atoms with van der Waals surface area (Å²) < 4.78 is 78.5. The molecule has 36 heavy (non-hydrogen) atoms. The Morgan fingerprint density at radius 3 is 2.44 bits per heavy atom. The van der Waals surface area contributed by atoms with Crippen LogP contribution in [-0.4, -0.2) is 49.2 Å². The average Bonchev–Trinajstić information content (AvgIpc) is 3.06. The number of anilines is 2. The molecule has 0 aliphatic carbocycles. The second-order valence-electron chi connectivity index (χ2n) is 8.13. The topological polar surface area (TPSA) is 100.0 Å². The van der Waals surface area contributed by atoms with Crippen LogP contribution in [0.2, 0.25) is 0 Å². The van der Waals surface area contributed by atoms with E-state index in [1.54, 1.807) is 4.90 Å². The molecule has 3 aromatic rings. The van der Waals surface area contributed by atoms with Crippen molar-refractivity contribution in [3.8, 4) is 11.5 Å². The summed E-state index contributed by atoms with van der Waals surface area (Å²) in [5.41, 5.74) is -2.22. The van der Waals surface area contributed by atoms with Crippen LogP contribution in [-0.2, 0) is 18.9 Å². The highest BCUT2D eigenvalue weighted by Gasteiger charge is 2.33. The number of aliphatic hydroxyl groups excluding tert-OH is 1. The fourth-order valence-corrected chi connectivity index (χ4v) is 3.61. The van der Waals surface area contributed by atoms with Crippen LogP contribution in [0.5, 0.6) is 0 Å². The summed E-state index contributed by atoms with van der Waals surface area (Å²) in [6.45, 7) is 0.773. The Morgan fingerprint density at radius 1 is 0.917 bits per heavy atom. The monoisotopic (exact) mass is 513 g/mol. The third-order valence-electron chi connectivity index (χ3n) is 5.42. The molecule has 4 heterocycles. The van der Waals surface area contributed by atoms with Crippen molar-refractivity contribution in [1.82, 2.24) is 24.9 Å². The van der Waals surface area contributed by atoms with Crippen molar-refractivity contribution in [2.75, 3.05) is 23.3 Å². The van der Waals surface area contributed by atoms with Crippen LogP contribution in [0.25, 0.3) is 11.5 Å². The minimum Gasteiger partial charge on any atom is -0.393 e. The Labute approximate surface area is 201 Å². The quantitative estimate of drug-likeness (QED) is 0.487. The first-order chi connectivity index (χ1) is 17.0. The number of hydrogen-bond donors (Lipinski definition) is 2. The number of hydrogen-bond acceptors (Lipinski definition) is 8. The number of halogens is 6. The van der Waals surface area contributed by atoms with Crippen LogP contribution in [0, 0.1) is 0 Å². The predicted molar refractivity (Wildman–Crippen MR) is 117 cm³/mol. The predicted octanol–water partition coefficient (Wildman–Crippen LogP) is 4.33. The van der Waals surface area contributed by atoms with Crippen molar-refractivity contribution in [1.29, 1.82) is 0 Å². The number of aliphatic hydroxyl groups is 1. The lowest BCUT2D eigenvalue weighted by Gasteiger charge is -2.21. The molecule has 2 N–H and O–H groups in total. The smallest absolute Gasteiger partial charge is 0.393 e. The van der Waals surface area contributed by atoms with E-state index in [9.17, 15) is 31.4 Å². The number of pyridine rings is 2. The van der Waals surface area contributed by atoms with Crippen LogP contribution < -0.4 is 10.2 Å². The number of alkyl halides is 6. The van der Waals surface area contributed by atoms with Gasteiger partial charge < -0.3 is 15.3 Å². The standard InChI is InChI=1S/C22H21F6N7O/c23-21(24,25)16-5-1-4-15(31-16)19-32-18(12-30-13-6-8-29-17(11-13)22(26,27)28)33-20(34-19)35-9-2-3-14(36)7-10-35/h1,4-6,8,11,14,36H,2-3,7,9-10,12H2,(H,29,30). The molecule has 1 aliphatic rings. The van der Waals surface area contributed by atoms with Crippen molar-refractivity contribution in [2.45, 2.75) is 44.3 Å². The molecule has 1 atom stereocenters. The molecule has 1 saturated heterocycles. The van der Waals surface area contributed by atoms with E-state index in [1.807, 2.05) is 0 Å². The molecule has 1 fully saturated rings. The molecule has 0 radical (unpaired) electrons. The molecule has 0 saturated carbocycles. The molecule has 1 aliphatic heterocycles. The van der Waals surface area contributed by atoms with E-state index in [0.717, 1.165) is 18.3 Å². The van der Waals surface area contributed by atoms with E-state index in [2.05, 4.69) is 30.2 Å². The van der Waals surface area contributed by atoms with Gasteiger partial charge in [0, 0.05) is 25.0 Å². The van der Waals surface area contributed by atoms with E-state index in [4.69, 9.17) is 0 Å². The van der Waals surface area contributed by atoms with Gasteiger partial charge in [0.1, 0.15) is 17.1 Å². The maximum absolute atomic E-state index is 13.2. The lowest BCUT2D eigenvalue weighted by Crippen LogP contribution is -2.28. The second kappa shape index (κ2) is 10.2. The Hall–Kier alpha value is -3.55. The molecule has 4 rings (SSSR count). The van der Waals surface area contributed by atoms with Gasteiger partial charge >= 0.3 is 12.4 Å². The maximum Gasteiger partial charge on any atom is 0.433 e. The van der Waals surface area contributed by atoms with Gasteiger partial charge in [-0.1, -0.05) is 6.07 Å². The molecule has 0 bridgehead atoms. The van der Waals surface area contributed by atoms with Gasteiger partial charge in [-0.05, 0) is 43.5 Å². The lowest BCUT2D eigenvalue weighted by atomic mass is 10.2. The highest BCUT2D eigenvalue weighted by atomic mass is 19.4. The fraction of sp³-hybridized carbons (Fsp3) is 0.409. The largest absolute Gasteiger partial charge is 0.433 e. The van der Waals surface area contributed by atoms with Gasteiger partial charge in [0.05, 0.1) is 12.6 Å². The molecule has 0 amide bonds. The first-order valence-electron chi connectivity index (χ1n) is 11.0. The van der Waals surface area contributed by atoms with Gasteiger partial charge in [-0.2, -0.15) is 36.3 Å². The van der Waals surface area contributed by atoms with Crippen molar-refractivity contribution in [3.05, 3.63) is 53.7 Å². The number of rotatable bonds is 5. The normalized spacial score (nSPS) is 17.1. The minimum atomic E-state index is -4.67. The lowest BCUT2D eigenvalue weighted by molar-refractivity contribution is -0.141. The van der Waals surface area contributed by atoms with Gasteiger partial charge in [0.2, 0.25) is 5.95 Å². The van der Waals surface area contributed by atoms with Gasteiger partial charge in [0.25, 0.3) is 0 Å². The SMILES string of the molecule is OC1CCCN(c2nc(CNc3ccnc(C(F)(F)F)c3)nc(-c3cccc(C(F)(F)F)n3)n2)CC1. The van der Waals surface area contributed by atoms with Crippen molar-refractivity contribution >= 4 is 11.6 Å². The van der Waals surface area contributed by atoms with Crippen molar-refractivity contribution < 1.29 is 31.4 Å². The molecule has 8 nitrogen and oxygen atoms in total. The first kappa shape index (κ1) is 25.5. The summed E-state index contributed by atoms with van der Waals surface area (Å²) >= 11 is 0. The van der Waals surface area contributed by atoms with E-state index in [-0.39, 0.29) is 35.5 Å². The van der Waals surface area contributed by atoms with Crippen LogP contribution in [0.3, 0.4) is 0 Å². The van der Waals surface area contributed by atoms with Gasteiger partial charge in [-0.25, -0.2) is 9.97 Å². The van der Waals surface area contributed by atoms with E-state index >= 15 is 0 Å². The Balaban J connectivity index is 1.67. The Morgan fingerprint density at radius 2 is 1.69 bits per heavy atom. The van der Waals surface area contributed by atoms with Crippen molar-refractivity contribution in [3.63, 3.8) is 0 Å². The van der Waals surface area contributed by atoms with Gasteiger partial charge in [-0.15, -0.1) is 0 Å². The summed E-state index contributed by atoms with van der Waals surface area (Å²) in [7, 11) is 0. The maximum atomic E-state index is 13.2. The molecular weight excluding hydrogens is 492 g/mol. The van der Waals surface area contributed by atoms with E-state index in [0.29, 0.717) is 32.4 Å². The van der Waals surface area contributed by atoms with Crippen molar-refractivity contribution in [2.24, 2.45) is 0 Å². The molecule has 14 heteroatoms. The molecule has 0 spiro atoms. The summed E-state index contributed by atoms with van der Waals surface area (Å²) in [4.78, 5) is 21.6. The molecular formula is C22H21F6N7O. The van der Waals surface area contributed by atoms with Crippen LogP contribution in [0.1, 0.15) is 36.5 Å². The number of nitrogens with one attached hydrogen (secondary N) is 1. The molecule has 3 aromatic heterocycles. The average molecular weight is 513 g/mol. The number of aromatic nitrogens is 5. The van der Waals surface area contributed by atoms with Crippen LogP contribution in [0.4, 0.5) is 38.0 Å². The minimum absolute atomic E-state index is 0.0874. The molecule has 192 valence electrons. The van der Waals surface area contributed by atoms with Crippen LogP contribution in [0.15, 0.2) is 36.5 Å². The zero-order valence-corrected chi connectivity index (χ0v) is 18.7. The Kier molecular flexibility index (Phi) is 7.24. The van der Waals surface area contributed by atoms with Crippen LogP contribution >= 0.6 is 0 Å². The summed E-state index contributed by atoms with van der Waals surface area (Å²) in [5.74, 6) is 0.151. The molecule has 1 unspecified atom stereocenters. The summed E-state index contributed by atoms with van der Waals surface area (Å²) in [6.07, 6.45) is -7.10. The summed E-state index contributed by atoms with van der Waals surface area (Å²) in [5, 5.41) is 12.7. The van der Waals surface area contributed by atoms with Gasteiger partial charge in [0.15, 0.2) is 11.6 Å². The molecule has 0 aromatic carbocycles. The second-order valence-corrected chi connectivity index (χ2v) is 8.13. The summed E-state index contributed by atoms with van der Waals surface area (Å²) in [6, 6.07) is 5.50. The third-order valence-corrected chi connectivity index (χ3v) is 5.42. The highest BCUT2D eigenvalue weighted by molar-refractivity contribution is 5.52. The third kappa shape index (κ3) is 6.36. The number of nitrogens with zero attached hydrogens (tertiary/aromatic N) is 6. The van der Waals surface area contributed by atoms with E-state index < -0.39 is 29.8 Å². The first-order valence-corrected chi connectivity index (χ1v) is 11.0. The Bertz CT molecular complexity index is 1200. The van der Waals surface area contributed by atoms with E-state index in [1.165, 1.54) is 18.2 Å². The van der Waals surface area contributed by atoms with Gasteiger partial charge in [-0.3, -0.25) is 4.98 Å². The highest BCUT2D eigenvalue weighted by Crippen LogP contribution is 2.30. The zero-order chi connectivity index (χ0) is 25.9. The zero-order valence-electron chi connectivity index (χ0n) is 18.7.